The molecule has 9 aromatic rings. The first-order valence-electron chi connectivity index (χ1n) is 37.5. The summed E-state index contributed by atoms with van der Waals surface area (Å²) in [5.41, 5.74) is 0.707. The third-order valence-corrected chi connectivity index (χ3v) is 29.3. The zero-order chi connectivity index (χ0) is 95.7. The minimum atomic E-state index is -6.06. The van der Waals surface area contributed by atoms with E-state index in [1.54, 1.807) is 0 Å². The standard InChI is InChI=1S/C28H22F10O6S2.C28H28F4O6S2.C27H22F8O6S2/c1-16(27(35,36)46(39,40)41)44-20-5-9-22(10-6-20)45(23-12-18(29)11-19(30)13-23)21-7-3-17(4-8-21)24(2)42-14-25(31,32)28(37,38)26(33,34)15-43-24;1-19(28(31,32)40(33,34)35)38-23-8-12-25(13-9-23)39(26-17-21(29)16-22(30)18-26)24-10-6-20(7-11-24)27(2)36-14-4-3-5-15-37-27;1-16(27(34,35)43(36,37)38)41-20-5-9-22(10-6-20)42(23-12-18(28)11-19(29)13-23)21-7-3-17(4-8-21)24(2)39-14-25(30,31)26(32,33)15-40-24/h3-13,16H,14-15H2,1-2H3;6-13,16-19H,3-5,14-15H2,1-2H3;3-13,16H,14-15H2,1-2H3. The van der Waals surface area contributed by atoms with Crippen LogP contribution in [0.4, 0.5) is 96.6 Å². The van der Waals surface area contributed by atoms with Gasteiger partial charge in [0.2, 0.25) is 0 Å². The molecule has 702 valence electrons. The van der Waals surface area contributed by atoms with Crippen LogP contribution in [0.5, 0.6) is 17.2 Å². The molecule has 6 unspecified atom stereocenters. The van der Waals surface area contributed by atoms with Crippen LogP contribution in [0.25, 0.3) is 0 Å². The van der Waals surface area contributed by atoms with Crippen molar-refractivity contribution in [3.05, 3.63) is 252 Å². The van der Waals surface area contributed by atoms with Gasteiger partial charge in [0.05, 0.1) is 45.9 Å². The van der Waals surface area contributed by atoms with Crippen LogP contribution in [0.1, 0.15) is 77.5 Å². The van der Waals surface area contributed by atoms with Gasteiger partial charge in [-0.1, -0.05) is 0 Å². The molecule has 3 aliphatic rings. The zero-order valence-corrected chi connectivity index (χ0v) is 72.2. The Bertz CT molecular complexity index is 5660. The highest BCUT2D eigenvalue weighted by molar-refractivity contribution is 7.97. The average Bonchev–Trinajstić information content (AvgIpc) is 1.73. The fourth-order valence-electron chi connectivity index (χ4n) is 12.3. The Hall–Kier alpha value is -8.62. The molecule has 3 fully saturated rings. The second-order valence-corrected chi connectivity index (χ2v) is 39.6. The number of halogens is 22. The van der Waals surface area contributed by atoms with Gasteiger partial charge in [0, 0.05) is 71.3 Å². The molecule has 0 bridgehead atoms. The van der Waals surface area contributed by atoms with Crippen LogP contribution in [0.2, 0.25) is 0 Å². The summed E-state index contributed by atoms with van der Waals surface area (Å²) in [5, 5.41) is -14.1. The predicted molar refractivity (Wildman–Crippen MR) is 415 cm³/mol. The monoisotopic (exact) mass is 1970 g/mol. The molecule has 3 heterocycles. The van der Waals surface area contributed by atoms with Gasteiger partial charge >= 0.3 is 45.4 Å². The van der Waals surface area contributed by atoms with Gasteiger partial charge in [0.1, 0.15) is 78.6 Å². The molecule has 0 aromatic heterocycles. The number of alkyl halides is 16. The van der Waals surface area contributed by atoms with Crippen LogP contribution in [0.3, 0.4) is 0 Å². The predicted octanol–water partition coefficient (Wildman–Crippen LogP) is 19.9. The summed E-state index contributed by atoms with van der Waals surface area (Å²) < 4.78 is 452. The van der Waals surface area contributed by atoms with E-state index in [0.29, 0.717) is 63.7 Å². The van der Waals surface area contributed by atoms with E-state index < -0.39 is 205 Å². The summed E-state index contributed by atoms with van der Waals surface area (Å²) in [7, 11) is -21.8. The number of hydrogen-bond donors (Lipinski definition) is 0. The average molecular weight is 1970 g/mol. The van der Waals surface area contributed by atoms with E-state index in [0.717, 1.165) is 81.1 Å². The minimum Gasteiger partial charge on any atom is -0.743 e. The van der Waals surface area contributed by atoms with Crippen LogP contribution in [-0.2, 0) is 109 Å². The molecule has 9 aromatic carbocycles. The van der Waals surface area contributed by atoms with Crippen molar-refractivity contribution in [1.29, 1.82) is 0 Å². The third kappa shape index (κ3) is 23.4. The maximum Gasteiger partial charge on any atom is 0.376 e. The molecular weight excluding hydrogens is 1900 g/mol. The topological polar surface area (TPSA) is 255 Å². The van der Waals surface area contributed by atoms with E-state index in [1.165, 1.54) is 128 Å². The van der Waals surface area contributed by atoms with Gasteiger partial charge in [-0.2, -0.15) is 70.2 Å². The summed E-state index contributed by atoms with van der Waals surface area (Å²) in [6.07, 6.45) is -4.12. The molecule has 0 radical (unpaired) electrons. The lowest BCUT2D eigenvalue weighted by Crippen LogP contribution is -2.61. The van der Waals surface area contributed by atoms with E-state index in [9.17, 15) is 136 Å². The first-order valence-corrected chi connectivity index (χ1v) is 45.4. The first kappa shape index (κ1) is 102. The Morgan fingerprint density at radius 1 is 0.302 bits per heavy atom. The minimum absolute atomic E-state index is 0.0439. The Kier molecular flexibility index (Phi) is 30.9. The molecule has 129 heavy (non-hydrogen) atoms. The van der Waals surface area contributed by atoms with Crippen LogP contribution in [0, 0.1) is 34.9 Å². The Labute approximate surface area is 731 Å². The molecule has 46 heteroatoms. The van der Waals surface area contributed by atoms with E-state index in [-0.39, 0.29) is 48.0 Å². The van der Waals surface area contributed by atoms with Crippen molar-refractivity contribution in [3.8, 4) is 17.2 Å². The molecule has 3 saturated heterocycles. The maximum atomic E-state index is 14.2. The van der Waals surface area contributed by atoms with Crippen molar-refractivity contribution in [1.82, 2.24) is 0 Å². The third-order valence-electron chi connectivity index (χ3n) is 19.7. The Morgan fingerprint density at radius 3 is 0.705 bits per heavy atom. The van der Waals surface area contributed by atoms with Crippen LogP contribution in [0.15, 0.2) is 244 Å². The second kappa shape index (κ2) is 38.9. The van der Waals surface area contributed by atoms with Crippen LogP contribution in [-0.4, -0.2) is 142 Å². The normalized spacial score (nSPS) is 19.5. The van der Waals surface area contributed by atoms with E-state index >= 15 is 0 Å². The summed E-state index contributed by atoms with van der Waals surface area (Å²) in [6.45, 7) is -0.292. The Balaban J connectivity index is 0.000000202. The zero-order valence-electron chi connectivity index (χ0n) is 67.3. The second-order valence-electron chi connectivity index (χ2n) is 29.2. The van der Waals surface area contributed by atoms with E-state index in [1.807, 2.05) is 31.2 Å². The van der Waals surface area contributed by atoms with Crippen LogP contribution < -0.4 is 14.2 Å². The number of ether oxygens (including phenoxy) is 9. The van der Waals surface area contributed by atoms with Gasteiger partial charge in [-0.25, -0.2) is 51.6 Å². The smallest absolute Gasteiger partial charge is 0.376 e. The summed E-state index contributed by atoms with van der Waals surface area (Å²) in [6, 6.07) is 41.9. The quantitative estimate of drug-likeness (QED) is 0.0309. The highest BCUT2D eigenvalue weighted by Gasteiger charge is 2.73. The fraction of sp³-hybridized carbons (Fsp3) is 0.349. The molecule has 0 amide bonds. The lowest BCUT2D eigenvalue weighted by molar-refractivity contribution is -0.387. The molecule has 0 saturated carbocycles. The van der Waals surface area contributed by atoms with Crippen molar-refractivity contribution < 1.29 is 178 Å². The van der Waals surface area contributed by atoms with Gasteiger partial charge in [-0.15, -0.1) is 0 Å². The van der Waals surface area contributed by atoms with Crippen molar-refractivity contribution in [2.24, 2.45) is 0 Å². The van der Waals surface area contributed by atoms with Gasteiger partial charge in [-0.05, 0) is 206 Å². The molecule has 6 atom stereocenters. The van der Waals surface area contributed by atoms with Gasteiger partial charge in [0.15, 0.2) is 110 Å². The lowest BCUT2D eigenvalue weighted by Gasteiger charge is -2.40. The number of hydrogen-bond acceptors (Lipinski definition) is 18. The molecule has 0 N–H and O–H groups in total. The van der Waals surface area contributed by atoms with Gasteiger partial charge < -0.3 is 56.3 Å². The number of rotatable bonds is 24. The molecule has 12 rings (SSSR count). The fourth-order valence-corrected chi connectivity index (χ4v) is 20.0. The largest absolute Gasteiger partial charge is 0.743 e. The molecule has 0 spiro atoms. The maximum absolute atomic E-state index is 14.2. The molecular formula is C83H72F22O18S6. The SMILES string of the molecule is CC(Oc1ccc([S+](c2ccc(C3(C)OCC(F)(F)C(F)(F)C(F)(F)CO3)cc2)c2cc(F)cc(F)c2)cc1)C(F)(F)S(=O)(=O)[O-].CC(Oc1ccc([S+](c2ccc(C3(C)OCC(F)(F)C(F)(F)CO3)cc2)c2cc(F)cc(F)c2)cc1)C(F)(F)S(=O)(=O)[O-].CC(Oc1ccc([S+](c2ccc(C3(C)OCCCCCO3)cc2)c2cc(F)cc(F)c2)cc1)C(F)(F)S(=O)(=O)[O-]. The summed E-state index contributed by atoms with van der Waals surface area (Å²) in [5.74, 6) is -36.5. The van der Waals surface area contributed by atoms with E-state index in [4.69, 9.17) is 42.6 Å². The highest BCUT2D eigenvalue weighted by Crippen LogP contribution is 2.51. The number of benzene rings is 9. The lowest BCUT2D eigenvalue weighted by atomic mass is 10.0. The van der Waals surface area contributed by atoms with E-state index in [2.05, 4.69) is 0 Å². The van der Waals surface area contributed by atoms with Crippen LogP contribution >= 0.6 is 0 Å². The Morgan fingerprint density at radius 2 is 0.496 bits per heavy atom. The first-order chi connectivity index (χ1) is 59.6. The summed E-state index contributed by atoms with van der Waals surface area (Å²) >= 11 is 0. The molecule has 0 aliphatic carbocycles. The summed E-state index contributed by atoms with van der Waals surface area (Å²) in [4.78, 5) is 3.11. The van der Waals surface area contributed by atoms with Gasteiger partial charge in [0.25, 0.3) is 0 Å². The van der Waals surface area contributed by atoms with Crippen molar-refractivity contribution in [3.63, 3.8) is 0 Å². The van der Waals surface area contributed by atoms with Crippen molar-refractivity contribution in [2.75, 3.05) is 39.6 Å². The molecule has 18 nitrogen and oxygen atoms in total. The molecule has 3 aliphatic heterocycles. The highest BCUT2D eigenvalue weighted by atomic mass is 32.2. The van der Waals surface area contributed by atoms with Crippen molar-refractivity contribution >= 4 is 63.0 Å². The van der Waals surface area contributed by atoms with Gasteiger partial charge in [-0.3, -0.25) is 0 Å². The van der Waals surface area contributed by atoms with Crippen molar-refractivity contribution in [2.45, 2.75) is 186 Å².